The average Bonchev–Trinajstić information content (AvgIpc) is 0.656. The topological polar surface area (TPSA) is 222 Å². The van der Waals surface area contributed by atoms with Crippen molar-refractivity contribution in [2.45, 2.75) is 195 Å². The van der Waals surface area contributed by atoms with E-state index < -0.39 is 364 Å². The van der Waals surface area contributed by atoms with E-state index in [2.05, 4.69) is 0 Å². The van der Waals surface area contributed by atoms with Gasteiger partial charge in [-0.2, -0.15) is 0 Å². The third-order valence-corrected chi connectivity index (χ3v) is 13.5. The summed E-state index contributed by atoms with van der Waals surface area (Å²) in [5.74, 6) is -36.1. The maximum atomic E-state index is 13.8. The zero-order valence-electron chi connectivity index (χ0n) is 108. The number of nitrogens with zero attached hydrogens (tertiary/aromatic N) is 3. The molecule has 3 aromatic rings. The smallest absolute Gasteiger partial charge is 0.323 e. The molecule has 0 aliphatic carbocycles. The Morgan fingerprint density at radius 3 is 0.967 bits per heavy atom. The number of rotatable bonds is 21. The number of hydrogen-bond acceptors (Lipinski definition) is 18. The lowest BCUT2D eigenvalue weighted by Gasteiger charge is -2.47. The normalized spacial score (nSPS) is 47.4. The number of methoxy groups -OCH3 is 6. The number of nitrogens with two attached hydrogens (primary N) is 3. The van der Waals surface area contributed by atoms with E-state index in [4.69, 9.17) is 112 Å². The predicted molar refractivity (Wildman–Crippen MR) is 353 cm³/mol. The Labute approximate surface area is 619 Å². The fraction of sp³-hybridized carbons (Fsp3) is 0.708. The molecule has 3 fully saturated rings. The molecule has 18 heteroatoms. The van der Waals surface area contributed by atoms with Crippen LogP contribution < -0.4 is 45.6 Å². The summed E-state index contributed by atoms with van der Waals surface area (Å²) in [6.45, 7) is -27.4. The highest BCUT2D eigenvalue weighted by molar-refractivity contribution is 5.77. The summed E-state index contributed by atoms with van der Waals surface area (Å²) in [7, 11) is -2.24. The molecule has 0 bridgehead atoms. The van der Waals surface area contributed by atoms with E-state index in [1.54, 1.807) is 0 Å². The molecule has 504 valence electrons. The standard InChI is InChI=1S/3C24H38N2O4/c3*1-14(2)9-17-13-26-8-7-16-10-21(28-5)22(29-6)11-18(16)19(26)12-20(17)30-24(27)23(25)15(3)4/h3*10-11,14-15,17,19-20,23H,7-9,12-13,25H2,1-6H3/t3*17?,19?,20?,23-/m000/s1/i2*3D3,4D3,5D3,10D,11D,12D2,13D2,15D,17D,19D,20D,23D;3D3,4D3,10D,11D,12D2,13D2,15D,17D,19D,20D,23D. The zero-order valence-corrected chi connectivity index (χ0v) is 51.1. The van der Waals surface area contributed by atoms with Gasteiger partial charge < -0.3 is 59.8 Å². The first-order chi connectivity index (χ1) is 64.9. The van der Waals surface area contributed by atoms with Gasteiger partial charge >= 0.3 is 17.9 Å². The molecule has 3 aromatic carbocycles. The second kappa shape index (κ2) is 32.5. The number of ether oxygens (including phenoxy) is 9. The van der Waals surface area contributed by atoms with Crippen molar-refractivity contribution in [2.75, 3.05) is 81.6 Å². The molecule has 6 heterocycles. The van der Waals surface area contributed by atoms with Gasteiger partial charge in [0.1, 0.15) is 36.3 Å². The SMILES string of the molecule is [2H]c1c2c(c([2H])c(OC)c1OC([2H])([2H])[2H])C1([2H])N(CC2)C([2H])([2H])C([2H])(CC(C)C)C([2H])(OC(=O)[C@@]([2H])(N)C([2H])(C([2H])([2H])[2H])C([2H])([2H])[2H])C1([2H])[2H].[2H]c1c2c(c([2H])c(OC)c1OC([2H])([2H])[2H])C1([2H])N(CC2)C([2H])([2H])C([2H])(CC(C)C)C([2H])(OC(=O)[C@@]([2H])(N)C([2H])(C([2H])([2H])[2H])C([2H])([2H])[2H])C1([2H])[2H].[2H]c1c2c(c([2H])c(OC)c1OC)C1([2H])N(CC2)C([2H])([2H])C([2H])(CC(C)C)C([2H])(OC(=O)[C@@]([2H])(N)C([2H])(C([2H])([2H])[2H])C([2H])([2H])[2H])C1([2H])[2H]. The number of esters is 3. The quantitative estimate of drug-likeness (QED) is 0.0666. The van der Waals surface area contributed by atoms with E-state index in [1.165, 1.54) is 48.7 Å². The van der Waals surface area contributed by atoms with Gasteiger partial charge in [-0.05, 0) is 144 Å². The van der Waals surface area contributed by atoms with Crippen molar-refractivity contribution in [1.29, 1.82) is 0 Å². The van der Waals surface area contributed by atoms with Crippen LogP contribution in [0, 0.1) is 53.1 Å². The Balaban J connectivity index is 0.000000299. The zero-order chi connectivity index (χ0) is 116. The van der Waals surface area contributed by atoms with E-state index in [0.29, 0.717) is 14.7 Å². The molecule has 9 unspecified atom stereocenters. The van der Waals surface area contributed by atoms with Gasteiger partial charge in [-0.25, -0.2) is 0 Å². The number of fused-ring (bicyclic) bond motifs is 9. The Morgan fingerprint density at radius 2 is 0.733 bits per heavy atom. The van der Waals surface area contributed by atoms with Crippen molar-refractivity contribution in [1.82, 2.24) is 14.7 Å². The third-order valence-electron chi connectivity index (χ3n) is 13.5. The van der Waals surface area contributed by atoms with E-state index in [9.17, 15) is 40.4 Å². The lowest BCUT2D eigenvalue weighted by Crippen LogP contribution is -2.51. The van der Waals surface area contributed by atoms with Crippen molar-refractivity contribution < 1.29 is 135 Å². The molecule has 90 heavy (non-hydrogen) atoms. The monoisotopic (exact) mass is 1310 g/mol. The number of benzene rings is 3. The lowest BCUT2D eigenvalue weighted by molar-refractivity contribution is -0.161. The Kier molecular flexibility index (Phi) is 9.80. The summed E-state index contributed by atoms with van der Waals surface area (Å²) in [5.41, 5.74) is 13.6. The molecular formula is C72H114N6O12. The van der Waals surface area contributed by atoms with Crippen molar-refractivity contribution in [3.63, 3.8) is 0 Å². The Morgan fingerprint density at radius 1 is 0.478 bits per heavy atom. The van der Waals surface area contributed by atoms with E-state index in [-0.39, 0.29) is 17.7 Å². The summed E-state index contributed by atoms with van der Waals surface area (Å²) in [5, 5.41) is 0. The highest BCUT2D eigenvalue weighted by atomic mass is 16.6. The molecule has 6 N–H and O–H groups in total. The number of carbonyl (C=O) groups is 3. The van der Waals surface area contributed by atoms with Crippen LogP contribution in [0.2, 0.25) is 0 Å². The van der Waals surface area contributed by atoms with Crippen LogP contribution in [0.25, 0.3) is 0 Å². The van der Waals surface area contributed by atoms with Crippen molar-refractivity contribution in [3.8, 4) is 34.5 Å². The van der Waals surface area contributed by atoms with Gasteiger partial charge in [0.15, 0.2) is 34.5 Å². The molecule has 0 saturated carbocycles. The summed E-state index contributed by atoms with van der Waals surface area (Å²) in [6, 6.07) is -27.4. The summed E-state index contributed by atoms with van der Waals surface area (Å²) in [6.07, 6.45) is -27.3. The molecule has 6 aliphatic heterocycles. The highest BCUT2D eigenvalue weighted by Gasteiger charge is 2.45. The Hall–Kier alpha value is -5.37. The van der Waals surface area contributed by atoms with Crippen LogP contribution in [0.5, 0.6) is 34.5 Å². The summed E-state index contributed by atoms with van der Waals surface area (Å²) < 4.78 is 528. The van der Waals surface area contributed by atoms with Crippen LogP contribution in [-0.2, 0) is 47.9 Å². The fourth-order valence-electron chi connectivity index (χ4n) is 9.37. The molecular weight excluding hydrogens is 1140 g/mol. The van der Waals surface area contributed by atoms with Crippen LogP contribution in [0.1, 0.15) is 251 Å². The number of carbonyl (C=O) groups excluding carboxylic acids is 3. The second-order valence-electron chi connectivity index (χ2n) is 21.5. The number of piperidine rings is 3. The van der Waals surface area contributed by atoms with Gasteiger partial charge in [-0.3, -0.25) is 29.1 Å². The van der Waals surface area contributed by atoms with Gasteiger partial charge in [0.2, 0.25) is 0 Å². The van der Waals surface area contributed by atoms with Crippen molar-refractivity contribution >= 4 is 17.9 Å². The minimum atomic E-state index is -4.20. The molecule has 6 aliphatic rings. The highest BCUT2D eigenvalue weighted by Crippen LogP contribution is 2.48. The fourth-order valence-corrected chi connectivity index (χ4v) is 9.37. The summed E-state index contributed by atoms with van der Waals surface area (Å²) in [4.78, 5) is 42.8. The van der Waals surface area contributed by atoms with E-state index in [0.717, 1.165) is 21.3 Å². The maximum Gasteiger partial charge on any atom is 0.323 e. The van der Waals surface area contributed by atoms with Crippen molar-refractivity contribution in [3.05, 3.63) is 69.6 Å². The van der Waals surface area contributed by atoms with Crippen molar-refractivity contribution in [2.24, 2.45) is 70.3 Å². The minimum Gasteiger partial charge on any atom is -0.493 e. The lowest BCUT2D eigenvalue weighted by atomic mass is 9.79. The first kappa shape index (κ1) is 27.2. The van der Waals surface area contributed by atoms with Crippen LogP contribution >= 0.6 is 0 Å². The molecule has 18 nitrogen and oxygen atoms in total. The van der Waals surface area contributed by atoms with Crippen LogP contribution in [0.4, 0.5) is 0 Å². The van der Waals surface area contributed by atoms with Crippen LogP contribution in [-0.4, -0.2) is 151 Å². The van der Waals surface area contributed by atoms with Gasteiger partial charge in [-0.1, -0.05) is 82.7 Å². The molecule has 0 amide bonds. The largest absolute Gasteiger partial charge is 0.493 e. The summed E-state index contributed by atoms with van der Waals surface area (Å²) >= 11 is 0. The van der Waals surface area contributed by atoms with Gasteiger partial charge in [0.25, 0.3) is 0 Å². The van der Waals surface area contributed by atoms with E-state index >= 15 is 0 Å². The minimum absolute atomic E-state index is 0.169. The predicted octanol–water partition coefficient (Wildman–Crippen LogP) is 10.7. The Bertz CT molecular complexity index is 5260. The average molecular weight is 1310 g/mol. The van der Waals surface area contributed by atoms with E-state index in [1.807, 2.05) is 0 Å². The maximum absolute atomic E-state index is 13.8. The second-order valence-corrected chi connectivity index (χ2v) is 21.5. The number of hydrogen-bond donors (Lipinski definition) is 3. The van der Waals surface area contributed by atoms with Crippen LogP contribution in [0.3, 0.4) is 0 Å². The third kappa shape index (κ3) is 17.5. The molecule has 12 atom stereocenters. The first-order valence-corrected chi connectivity index (χ1v) is 27.8. The van der Waals surface area contributed by atoms with Gasteiger partial charge in [0, 0.05) is 143 Å². The van der Waals surface area contributed by atoms with Gasteiger partial charge in [0.05, 0.1) is 71.3 Å². The molecule has 9 rings (SSSR count). The van der Waals surface area contributed by atoms with Gasteiger partial charge in [-0.15, -0.1) is 0 Å². The molecule has 0 radical (unpaired) electrons. The molecule has 3 saturated heterocycles. The molecule has 0 aromatic heterocycles. The first-order valence-electron chi connectivity index (χ1n) is 56.3. The van der Waals surface area contributed by atoms with Crippen LogP contribution in [0.15, 0.2) is 36.3 Å². The molecule has 0 spiro atoms.